The normalized spacial score (nSPS) is 11.4. The lowest BCUT2D eigenvalue weighted by Crippen LogP contribution is -2.15. The molecule has 0 saturated heterocycles. The van der Waals surface area contributed by atoms with Gasteiger partial charge in [0, 0.05) is 16.7 Å². The molecule has 0 fully saturated rings. The highest BCUT2D eigenvalue weighted by Crippen LogP contribution is 2.22. The molecule has 2 rings (SSSR count). The lowest BCUT2D eigenvalue weighted by atomic mass is 10.2. The molecule has 7 heteroatoms. The van der Waals surface area contributed by atoms with Crippen LogP contribution in [-0.4, -0.2) is 15.5 Å². The van der Waals surface area contributed by atoms with Gasteiger partial charge in [0.05, 0.1) is 0 Å². The molecule has 0 saturated carbocycles. The lowest BCUT2D eigenvalue weighted by Gasteiger charge is -2.10. The zero-order chi connectivity index (χ0) is 15.5. The predicted octanol–water partition coefficient (Wildman–Crippen LogP) is 3.11. The molecule has 0 aromatic heterocycles. The van der Waals surface area contributed by atoms with Gasteiger partial charge in [0.25, 0.3) is 10.0 Å². The number of hydrogen-bond donors (Lipinski definition) is 2. The molecule has 0 unspecified atom stereocenters. The molecule has 21 heavy (non-hydrogen) atoms. The Morgan fingerprint density at radius 1 is 1.19 bits per heavy atom. The van der Waals surface area contributed by atoms with Gasteiger partial charge in [-0.2, -0.15) is 0 Å². The fraction of sp³-hybridized carbons (Fsp3) is 0.143. The number of sulfonamides is 1. The van der Waals surface area contributed by atoms with Gasteiger partial charge < -0.3 is 5.32 Å². The predicted molar refractivity (Wildman–Crippen MR) is 84.1 cm³/mol. The van der Waals surface area contributed by atoms with E-state index in [0.29, 0.717) is 16.7 Å². The van der Waals surface area contributed by atoms with Gasteiger partial charge in [-0.25, -0.2) is 12.8 Å². The van der Waals surface area contributed by atoms with Crippen LogP contribution in [0.2, 0.25) is 0 Å². The van der Waals surface area contributed by atoms with Crippen LogP contribution in [0.25, 0.3) is 0 Å². The summed E-state index contributed by atoms with van der Waals surface area (Å²) < 4.78 is 41.1. The molecule has 0 radical (unpaired) electrons. The fourth-order valence-corrected chi connectivity index (χ4v) is 3.30. The molecule has 0 aliphatic heterocycles. The zero-order valence-electron chi connectivity index (χ0n) is 11.2. The van der Waals surface area contributed by atoms with Crippen molar-refractivity contribution in [3.63, 3.8) is 0 Å². The van der Waals surface area contributed by atoms with Crippen LogP contribution < -0.4 is 10.0 Å². The van der Waals surface area contributed by atoms with E-state index in [1.165, 1.54) is 12.1 Å². The van der Waals surface area contributed by atoms with E-state index in [1.54, 1.807) is 25.2 Å². The molecule has 0 heterocycles. The fourth-order valence-electron chi connectivity index (χ4n) is 1.85. The molecular formula is C14H14BrFN2O2S. The van der Waals surface area contributed by atoms with Crippen molar-refractivity contribution in [2.75, 3.05) is 11.8 Å². The number of nitrogens with one attached hydrogen (secondary N) is 2. The minimum Gasteiger partial charge on any atom is -0.316 e. The van der Waals surface area contributed by atoms with E-state index in [0.717, 1.165) is 11.6 Å². The first kappa shape index (κ1) is 15.9. The van der Waals surface area contributed by atoms with Gasteiger partial charge in [-0.3, -0.25) is 4.72 Å². The Hall–Kier alpha value is -1.44. The molecule has 0 aliphatic carbocycles. The monoisotopic (exact) mass is 372 g/mol. The molecule has 4 nitrogen and oxygen atoms in total. The van der Waals surface area contributed by atoms with Gasteiger partial charge in [-0.05, 0) is 42.9 Å². The van der Waals surface area contributed by atoms with E-state index in [4.69, 9.17) is 0 Å². The van der Waals surface area contributed by atoms with E-state index in [9.17, 15) is 12.8 Å². The second-order valence-electron chi connectivity index (χ2n) is 4.41. The summed E-state index contributed by atoms with van der Waals surface area (Å²) in [7, 11) is -2.16. The lowest BCUT2D eigenvalue weighted by molar-refractivity contribution is 0.570. The summed E-state index contributed by atoms with van der Waals surface area (Å²) in [5, 5.41) is 2.98. The van der Waals surface area contributed by atoms with E-state index in [2.05, 4.69) is 26.0 Å². The first-order chi connectivity index (χ1) is 9.92. The van der Waals surface area contributed by atoms with Crippen molar-refractivity contribution in [3.05, 3.63) is 58.3 Å². The van der Waals surface area contributed by atoms with Crippen LogP contribution in [0.15, 0.2) is 51.8 Å². The van der Waals surface area contributed by atoms with Gasteiger partial charge in [0.1, 0.15) is 10.7 Å². The first-order valence-electron chi connectivity index (χ1n) is 6.14. The van der Waals surface area contributed by atoms with Gasteiger partial charge in [-0.1, -0.05) is 28.1 Å². The van der Waals surface area contributed by atoms with Gasteiger partial charge in [0.2, 0.25) is 0 Å². The third-order valence-corrected chi connectivity index (χ3v) is 4.65. The summed E-state index contributed by atoms with van der Waals surface area (Å²) in [6.07, 6.45) is 0. The van der Waals surface area contributed by atoms with Crippen molar-refractivity contribution in [1.29, 1.82) is 0 Å². The summed E-state index contributed by atoms with van der Waals surface area (Å²) in [5.41, 5.74) is 1.32. The second-order valence-corrected chi connectivity index (χ2v) is 6.98. The summed E-state index contributed by atoms with van der Waals surface area (Å²) >= 11 is 3.09. The highest BCUT2D eigenvalue weighted by atomic mass is 79.9. The Balaban J connectivity index is 2.31. The van der Waals surface area contributed by atoms with E-state index < -0.39 is 15.8 Å². The second kappa shape index (κ2) is 6.55. The van der Waals surface area contributed by atoms with Gasteiger partial charge >= 0.3 is 0 Å². The average Bonchev–Trinajstić information content (AvgIpc) is 2.38. The molecule has 0 bridgehead atoms. The van der Waals surface area contributed by atoms with Crippen molar-refractivity contribution >= 4 is 31.6 Å². The highest BCUT2D eigenvalue weighted by molar-refractivity contribution is 9.10. The number of anilines is 1. The number of halogens is 2. The minimum absolute atomic E-state index is 0.385. The van der Waals surface area contributed by atoms with Crippen LogP contribution in [0.1, 0.15) is 5.56 Å². The smallest absolute Gasteiger partial charge is 0.264 e. The molecule has 0 spiro atoms. The Labute approximate surface area is 131 Å². The summed E-state index contributed by atoms with van der Waals surface area (Å²) in [5.74, 6) is -0.803. The van der Waals surface area contributed by atoms with Crippen molar-refractivity contribution in [3.8, 4) is 0 Å². The van der Waals surface area contributed by atoms with Crippen LogP contribution in [0.5, 0.6) is 0 Å². The van der Waals surface area contributed by atoms with Gasteiger partial charge in [-0.15, -0.1) is 0 Å². The van der Waals surface area contributed by atoms with E-state index in [1.807, 2.05) is 6.07 Å². The molecule has 0 atom stereocenters. The van der Waals surface area contributed by atoms with Gasteiger partial charge in [0.15, 0.2) is 0 Å². The van der Waals surface area contributed by atoms with Crippen molar-refractivity contribution in [2.24, 2.45) is 0 Å². The van der Waals surface area contributed by atoms with Crippen LogP contribution in [-0.2, 0) is 16.6 Å². The summed E-state index contributed by atoms with van der Waals surface area (Å²) in [6.45, 7) is 0.613. The van der Waals surface area contributed by atoms with Crippen molar-refractivity contribution in [1.82, 2.24) is 5.32 Å². The number of rotatable bonds is 5. The zero-order valence-corrected chi connectivity index (χ0v) is 13.6. The average molecular weight is 373 g/mol. The molecule has 2 aromatic rings. The third-order valence-electron chi connectivity index (χ3n) is 2.74. The molecule has 112 valence electrons. The molecule has 0 amide bonds. The van der Waals surface area contributed by atoms with E-state index in [-0.39, 0.29) is 4.90 Å². The molecular weight excluding hydrogens is 359 g/mol. The first-order valence-corrected chi connectivity index (χ1v) is 8.41. The number of benzene rings is 2. The Morgan fingerprint density at radius 3 is 2.62 bits per heavy atom. The maximum atomic E-state index is 13.8. The Kier molecular flexibility index (Phi) is 4.97. The van der Waals surface area contributed by atoms with Crippen LogP contribution in [0.3, 0.4) is 0 Å². The minimum atomic E-state index is -3.96. The van der Waals surface area contributed by atoms with E-state index >= 15 is 0 Å². The summed E-state index contributed by atoms with van der Waals surface area (Å²) in [4.78, 5) is -0.385. The Bertz CT molecular complexity index is 750. The van der Waals surface area contributed by atoms with Crippen LogP contribution in [0.4, 0.5) is 10.1 Å². The number of hydrogen-bond acceptors (Lipinski definition) is 3. The highest BCUT2D eigenvalue weighted by Gasteiger charge is 2.19. The van der Waals surface area contributed by atoms with Crippen molar-refractivity contribution in [2.45, 2.75) is 11.4 Å². The Morgan fingerprint density at radius 2 is 1.95 bits per heavy atom. The molecule has 2 N–H and O–H groups in total. The largest absolute Gasteiger partial charge is 0.316 e. The van der Waals surface area contributed by atoms with Crippen LogP contribution in [0, 0.1) is 5.82 Å². The van der Waals surface area contributed by atoms with Crippen molar-refractivity contribution < 1.29 is 12.8 Å². The molecule has 0 aliphatic rings. The maximum Gasteiger partial charge on any atom is 0.264 e. The maximum absolute atomic E-state index is 13.8. The third kappa shape index (κ3) is 4.03. The molecule has 2 aromatic carbocycles. The topological polar surface area (TPSA) is 58.2 Å². The van der Waals surface area contributed by atoms with Crippen LogP contribution >= 0.6 is 15.9 Å². The summed E-state index contributed by atoms with van der Waals surface area (Å²) in [6, 6.07) is 10.7. The standard InChI is InChI=1S/C14H14BrFN2O2S/c1-17-9-10-3-2-4-12(7-10)18-21(19,20)14-6-5-11(15)8-13(14)16/h2-8,17-18H,9H2,1H3. The SMILES string of the molecule is CNCc1cccc(NS(=O)(=O)c2ccc(Br)cc2F)c1. The quantitative estimate of drug-likeness (QED) is 0.847.